The Kier molecular flexibility index (Phi) is 8.79. The molecule has 1 unspecified atom stereocenters. The summed E-state index contributed by atoms with van der Waals surface area (Å²) in [6.07, 6.45) is 0. The summed E-state index contributed by atoms with van der Waals surface area (Å²) in [7, 11) is 0. The molecular weight excluding hydrogens is 275 g/mol. The molecule has 0 heterocycles. The van der Waals surface area contributed by atoms with Gasteiger partial charge in [-0.15, -0.1) is 24.2 Å². The molecule has 0 bridgehead atoms. The summed E-state index contributed by atoms with van der Waals surface area (Å²) in [4.78, 5) is 12.5. The van der Waals surface area contributed by atoms with Gasteiger partial charge >= 0.3 is 0 Å². The van der Waals surface area contributed by atoms with E-state index in [1.54, 1.807) is 23.9 Å². The summed E-state index contributed by atoms with van der Waals surface area (Å²) >= 11 is 1.54. The van der Waals surface area contributed by atoms with E-state index in [-0.39, 0.29) is 30.0 Å². The highest BCUT2D eigenvalue weighted by atomic mass is 35.5. The van der Waals surface area contributed by atoms with Gasteiger partial charge in [-0.05, 0) is 24.3 Å². The molecule has 0 saturated carbocycles. The maximum Gasteiger partial charge on any atom is 0.223 e. The van der Waals surface area contributed by atoms with Gasteiger partial charge in [-0.1, -0.05) is 6.92 Å². The molecule has 0 fully saturated rings. The fourth-order valence-corrected chi connectivity index (χ4v) is 2.12. The number of hydrogen-bond donors (Lipinski definition) is 2. The van der Waals surface area contributed by atoms with Gasteiger partial charge in [0.1, 0.15) is 5.82 Å². The van der Waals surface area contributed by atoms with E-state index >= 15 is 0 Å². The number of nitrogens with one attached hydrogen (secondary N) is 1. The summed E-state index contributed by atoms with van der Waals surface area (Å²) in [6, 6.07) is 6.26. The molecule has 0 aliphatic rings. The molecule has 1 atom stereocenters. The molecule has 6 heteroatoms. The Morgan fingerprint density at radius 3 is 2.61 bits per heavy atom. The van der Waals surface area contributed by atoms with E-state index in [0.29, 0.717) is 18.8 Å². The Labute approximate surface area is 117 Å². The van der Waals surface area contributed by atoms with Crippen molar-refractivity contribution in [3.8, 4) is 0 Å². The zero-order valence-electron chi connectivity index (χ0n) is 10.2. The number of hydrogen-bond acceptors (Lipinski definition) is 3. The van der Waals surface area contributed by atoms with Gasteiger partial charge in [-0.25, -0.2) is 4.39 Å². The molecule has 1 rings (SSSR count). The molecule has 3 N–H and O–H groups in total. The van der Waals surface area contributed by atoms with Crippen LogP contribution in [0.2, 0.25) is 0 Å². The van der Waals surface area contributed by atoms with Gasteiger partial charge in [-0.2, -0.15) is 0 Å². The Hall–Kier alpha value is -0.780. The number of rotatable bonds is 6. The molecule has 18 heavy (non-hydrogen) atoms. The first kappa shape index (κ1) is 17.2. The van der Waals surface area contributed by atoms with Crippen LogP contribution in [0.4, 0.5) is 4.39 Å². The van der Waals surface area contributed by atoms with E-state index in [1.165, 1.54) is 12.1 Å². The fraction of sp³-hybridized carbons (Fsp3) is 0.417. The van der Waals surface area contributed by atoms with E-state index in [2.05, 4.69) is 5.32 Å². The molecule has 1 aromatic rings. The smallest absolute Gasteiger partial charge is 0.223 e. The lowest BCUT2D eigenvalue weighted by atomic mass is 10.2. The minimum absolute atomic E-state index is 0. The fourth-order valence-electron chi connectivity index (χ4n) is 1.20. The van der Waals surface area contributed by atoms with Crippen LogP contribution in [0.15, 0.2) is 29.2 Å². The molecule has 0 aliphatic heterocycles. The first-order valence-electron chi connectivity index (χ1n) is 5.49. The summed E-state index contributed by atoms with van der Waals surface area (Å²) in [5.74, 6) is 0.340. The zero-order chi connectivity index (χ0) is 12.7. The number of carbonyl (C=O) groups is 1. The molecule has 3 nitrogen and oxygen atoms in total. The maximum absolute atomic E-state index is 12.7. The summed E-state index contributed by atoms with van der Waals surface area (Å²) < 4.78 is 12.7. The van der Waals surface area contributed by atoms with Crippen LogP contribution in [0.1, 0.15) is 6.92 Å². The lowest BCUT2D eigenvalue weighted by Gasteiger charge is -2.11. The average Bonchev–Trinajstić information content (AvgIpc) is 2.34. The van der Waals surface area contributed by atoms with Crippen molar-refractivity contribution in [2.75, 3.05) is 18.8 Å². The van der Waals surface area contributed by atoms with Crippen LogP contribution in [-0.4, -0.2) is 24.7 Å². The zero-order valence-corrected chi connectivity index (χ0v) is 11.8. The molecule has 102 valence electrons. The first-order chi connectivity index (χ1) is 8.13. The molecule has 1 amide bonds. The molecule has 0 spiro atoms. The standard InChI is InChI=1S/C12H17FN2OS.ClH/c1-9(12(16)15-7-6-14)8-17-11-4-2-10(13)3-5-11;/h2-5,9H,6-8,14H2,1H3,(H,15,16);1H. The highest BCUT2D eigenvalue weighted by Crippen LogP contribution is 2.20. The lowest BCUT2D eigenvalue weighted by molar-refractivity contribution is -0.123. The van der Waals surface area contributed by atoms with Gasteiger partial charge in [0.15, 0.2) is 0 Å². The summed E-state index contributed by atoms with van der Waals surface area (Å²) in [5, 5.41) is 2.74. The predicted octanol–water partition coefficient (Wildman–Crippen LogP) is 2.05. The number of nitrogens with two attached hydrogens (primary N) is 1. The third kappa shape index (κ3) is 6.23. The van der Waals surface area contributed by atoms with E-state index in [0.717, 1.165) is 4.90 Å². The quantitative estimate of drug-likeness (QED) is 0.789. The minimum atomic E-state index is -0.247. The Balaban J connectivity index is 0.00000289. The second-order valence-electron chi connectivity index (χ2n) is 3.75. The Bertz CT molecular complexity index is 362. The Morgan fingerprint density at radius 2 is 2.06 bits per heavy atom. The highest BCUT2D eigenvalue weighted by Gasteiger charge is 2.12. The number of amides is 1. The Morgan fingerprint density at radius 1 is 1.44 bits per heavy atom. The highest BCUT2D eigenvalue weighted by molar-refractivity contribution is 7.99. The van der Waals surface area contributed by atoms with Crippen molar-refractivity contribution in [1.82, 2.24) is 5.32 Å². The topological polar surface area (TPSA) is 55.1 Å². The SMILES string of the molecule is CC(CSc1ccc(F)cc1)C(=O)NCCN.Cl. The van der Waals surface area contributed by atoms with Crippen LogP contribution in [-0.2, 0) is 4.79 Å². The normalized spacial score (nSPS) is 11.5. The van der Waals surface area contributed by atoms with Crippen LogP contribution >= 0.6 is 24.2 Å². The average molecular weight is 293 g/mol. The lowest BCUT2D eigenvalue weighted by Crippen LogP contribution is -2.34. The summed E-state index contributed by atoms with van der Waals surface area (Å²) in [5.41, 5.74) is 5.30. The van der Waals surface area contributed by atoms with E-state index in [4.69, 9.17) is 5.73 Å². The van der Waals surface area contributed by atoms with E-state index < -0.39 is 0 Å². The van der Waals surface area contributed by atoms with E-state index in [9.17, 15) is 9.18 Å². The van der Waals surface area contributed by atoms with Gasteiger partial charge in [0.2, 0.25) is 5.91 Å². The van der Waals surface area contributed by atoms with Crippen molar-refractivity contribution in [3.05, 3.63) is 30.1 Å². The van der Waals surface area contributed by atoms with Gasteiger partial charge in [0, 0.05) is 29.7 Å². The van der Waals surface area contributed by atoms with Crippen molar-refractivity contribution in [2.24, 2.45) is 11.7 Å². The van der Waals surface area contributed by atoms with Crippen LogP contribution < -0.4 is 11.1 Å². The predicted molar refractivity (Wildman–Crippen MR) is 75.6 cm³/mol. The first-order valence-corrected chi connectivity index (χ1v) is 6.48. The molecule has 1 aromatic carbocycles. The van der Waals surface area contributed by atoms with Crippen LogP contribution in [0.25, 0.3) is 0 Å². The van der Waals surface area contributed by atoms with Crippen LogP contribution in [0.5, 0.6) is 0 Å². The molecule has 0 radical (unpaired) electrons. The summed E-state index contributed by atoms with van der Waals surface area (Å²) in [6.45, 7) is 2.82. The second-order valence-corrected chi connectivity index (χ2v) is 4.84. The van der Waals surface area contributed by atoms with Gasteiger partial charge in [0.05, 0.1) is 0 Å². The van der Waals surface area contributed by atoms with Crippen molar-refractivity contribution in [2.45, 2.75) is 11.8 Å². The molecular formula is C12H18ClFN2OS. The van der Waals surface area contributed by atoms with Gasteiger partial charge in [0.25, 0.3) is 0 Å². The number of thioether (sulfide) groups is 1. The monoisotopic (exact) mass is 292 g/mol. The molecule has 0 aromatic heterocycles. The van der Waals surface area contributed by atoms with Crippen molar-refractivity contribution in [1.29, 1.82) is 0 Å². The number of benzene rings is 1. The second kappa shape index (κ2) is 9.19. The van der Waals surface area contributed by atoms with Crippen LogP contribution in [0, 0.1) is 11.7 Å². The third-order valence-electron chi connectivity index (χ3n) is 2.20. The van der Waals surface area contributed by atoms with E-state index in [1.807, 2.05) is 6.92 Å². The van der Waals surface area contributed by atoms with Gasteiger partial charge < -0.3 is 11.1 Å². The molecule has 0 saturated heterocycles. The molecule has 0 aliphatic carbocycles. The van der Waals surface area contributed by atoms with Crippen LogP contribution in [0.3, 0.4) is 0 Å². The largest absolute Gasteiger partial charge is 0.355 e. The third-order valence-corrected chi connectivity index (χ3v) is 3.48. The van der Waals surface area contributed by atoms with Crippen molar-refractivity contribution < 1.29 is 9.18 Å². The van der Waals surface area contributed by atoms with Crippen molar-refractivity contribution >= 4 is 30.1 Å². The minimum Gasteiger partial charge on any atom is -0.355 e. The number of halogens is 2. The van der Waals surface area contributed by atoms with Crippen molar-refractivity contribution in [3.63, 3.8) is 0 Å². The maximum atomic E-state index is 12.7. The number of carbonyl (C=O) groups excluding carboxylic acids is 1. The van der Waals surface area contributed by atoms with Gasteiger partial charge in [-0.3, -0.25) is 4.79 Å².